The van der Waals surface area contributed by atoms with Gasteiger partial charge in [-0.2, -0.15) is 0 Å². The molecule has 1 unspecified atom stereocenters. The summed E-state index contributed by atoms with van der Waals surface area (Å²) >= 11 is 0. The number of carbonyl (C=O) groups is 2. The molecule has 0 bridgehead atoms. The molecule has 5 nitrogen and oxygen atoms in total. The van der Waals surface area contributed by atoms with Crippen LogP contribution in [-0.4, -0.2) is 29.4 Å². The molecule has 0 spiro atoms. The number of nitrogens with one attached hydrogen (secondary N) is 2. The summed E-state index contributed by atoms with van der Waals surface area (Å²) in [6, 6.07) is 3.63. The Hall–Kier alpha value is -1.91. The molecule has 5 heteroatoms. The van der Waals surface area contributed by atoms with Crippen molar-refractivity contribution in [2.45, 2.75) is 25.3 Å². The van der Waals surface area contributed by atoms with Crippen LogP contribution in [0.1, 0.15) is 18.4 Å². The first-order valence-electron chi connectivity index (χ1n) is 5.69. The number of piperidine rings is 1. The van der Waals surface area contributed by atoms with E-state index in [9.17, 15) is 9.59 Å². The van der Waals surface area contributed by atoms with Crippen LogP contribution in [0.2, 0.25) is 0 Å². The fourth-order valence-electron chi connectivity index (χ4n) is 1.87. The highest BCUT2D eigenvalue weighted by molar-refractivity contribution is 5.81. The van der Waals surface area contributed by atoms with E-state index < -0.39 is 0 Å². The minimum atomic E-state index is -0.0577. The first-order valence-corrected chi connectivity index (χ1v) is 5.69. The maximum atomic E-state index is 11.7. The molecule has 2 rings (SSSR count). The van der Waals surface area contributed by atoms with E-state index in [2.05, 4.69) is 15.6 Å². The van der Waals surface area contributed by atoms with Gasteiger partial charge in [-0.1, -0.05) is 6.07 Å². The summed E-state index contributed by atoms with van der Waals surface area (Å²) in [4.78, 5) is 26.8. The predicted molar refractivity (Wildman–Crippen MR) is 62.1 cm³/mol. The molecule has 1 saturated heterocycles. The van der Waals surface area contributed by atoms with E-state index in [0.29, 0.717) is 19.4 Å². The van der Waals surface area contributed by atoms with Crippen LogP contribution in [-0.2, 0) is 16.0 Å². The van der Waals surface area contributed by atoms with Crippen molar-refractivity contribution in [3.63, 3.8) is 0 Å². The molecule has 0 saturated carbocycles. The van der Waals surface area contributed by atoms with Crippen LogP contribution in [0.3, 0.4) is 0 Å². The molecule has 1 fully saturated rings. The third-order valence-electron chi connectivity index (χ3n) is 2.70. The Bertz CT molecular complexity index is 405. The highest BCUT2D eigenvalue weighted by Gasteiger charge is 2.20. The van der Waals surface area contributed by atoms with E-state index >= 15 is 0 Å². The largest absolute Gasteiger partial charge is 0.356 e. The van der Waals surface area contributed by atoms with E-state index in [0.717, 1.165) is 12.0 Å². The van der Waals surface area contributed by atoms with E-state index in [1.165, 1.54) is 0 Å². The fraction of sp³-hybridized carbons (Fsp3) is 0.417. The van der Waals surface area contributed by atoms with E-state index in [4.69, 9.17) is 0 Å². The molecule has 0 aromatic carbocycles. The van der Waals surface area contributed by atoms with Crippen LogP contribution in [0, 0.1) is 0 Å². The zero-order valence-corrected chi connectivity index (χ0v) is 9.48. The van der Waals surface area contributed by atoms with Gasteiger partial charge >= 0.3 is 0 Å². The SMILES string of the molecule is O=C1CC(NC(=O)Cc2cccnc2)CCN1. The standard InChI is InChI=1S/C12H15N3O2/c16-11-7-10(3-5-14-11)15-12(17)6-9-2-1-4-13-8-9/h1-2,4,8,10H,3,5-7H2,(H,14,16)(H,15,17). The number of nitrogens with zero attached hydrogens (tertiary/aromatic N) is 1. The van der Waals surface area contributed by atoms with Gasteiger partial charge in [0.05, 0.1) is 6.42 Å². The van der Waals surface area contributed by atoms with Gasteiger partial charge in [0.15, 0.2) is 0 Å². The minimum absolute atomic E-state index is 0.00271. The first kappa shape index (κ1) is 11.6. The number of hydrogen-bond donors (Lipinski definition) is 2. The van der Waals surface area contributed by atoms with Crippen molar-refractivity contribution in [2.24, 2.45) is 0 Å². The molecule has 0 radical (unpaired) electrons. The van der Waals surface area contributed by atoms with Crippen molar-refractivity contribution in [2.75, 3.05) is 6.54 Å². The molecule has 17 heavy (non-hydrogen) atoms. The molecule has 1 aromatic rings. The highest BCUT2D eigenvalue weighted by Crippen LogP contribution is 2.04. The van der Waals surface area contributed by atoms with Gasteiger partial charge in [-0.25, -0.2) is 0 Å². The molecule has 2 heterocycles. The number of hydrogen-bond acceptors (Lipinski definition) is 3. The molecular formula is C12H15N3O2. The number of amides is 2. The summed E-state index contributed by atoms with van der Waals surface area (Å²) in [5.41, 5.74) is 0.880. The van der Waals surface area contributed by atoms with Crippen LogP contribution in [0.4, 0.5) is 0 Å². The minimum Gasteiger partial charge on any atom is -0.356 e. The molecule has 90 valence electrons. The maximum absolute atomic E-state index is 11.7. The lowest BCUT2D eigenvalue weighted by molar-refractivity contribution is -0.124. The predicted octanol–water partition coefficient (Wildman–Crippen LogP) is 0.0189. The first-order chi connectivity index (χ1) is 8.24. The van der Waals surface area contributed by atoms with Crippen LogP contribution in [0.5, 0.6) is 0 Å². The Balaban J connectivity index is 1.83. The zero-order valence-electron chi connectivity index (χ0n) is 9.48. The van der Waals surface area contributed by atoms with Crippen molar-refractivity contribution < 1.29 is 9.59 Å². The second kappa shape index (κ2) is 5.43. The van der Waals surface area contributed by atoms with Crippen LogP contribution in [0.25, 0.3) is 0 Å². The summed E-state index contributed by atoms with van der Waals surface area (Å²) in [6.45, 7) is 0.636. The summed E-state index contributed by atoms with van der Waals surface area (Å²) in [5.74, 6) is -0.0550. The fourth-order valence-corrected chi connectivity index (χ4v) is 1.87. The van der Waals surface area contributed by atoms with Crippen molar-refractivity contribution in [1.82, 2.24) is 15.6 Å². The van der Waals surface area contributed by atoms with Crippen LogP contribution < -0.4 is 10.6 Å². The smallest absolute Gasteiger partial charge is 0.224 e. The normalized spacial score (nSPS) is 19.5. The van der Waals surface area contributed by atoms with Crippen molar-refractivity contribution in [1.29, 1.82) is 0 Å². The average Bonchev–Trinajstić information content (AvgIpc) is 2.30. The second-order valence-electron chi connectivity index (χ2n) is 4.15. The molecule has 1 atom stereocenters. The summed E-state index contributed by atoms with van der Waals surface area (Å²) < 4.78 is 0. The van der Waals surface area contributed by atoms with E-state index in [-0.39, 0.29) is 17.9 Å². The Kier molecular flexibility index (Phi) is 3.69. The molecule has 2 N–H and O–H groups in total. The highest BCUT2D eigenvalue weighted by atomic mass is 16.2. The molecule has 0 aliphatic carbocycles. The number of carbonyl (C=O) groups excluding carboxylic acids is 2. The van der Waals surface area contributed by atoms with Crippen LogP contribution in [0.15, 0.2) is 24.5 Å². The van der Waals surface area contributed by atoms with Gasteiger partial charge in [-0.05, 0) is 18.1 Å². The maximum Gasteiger partial charge on any atom is 0.224 e. The summed E-state index contributed by atoms with van der Waals surface area (Å²) in [6.07, 6.45) is 4.83. The zero-order chi connectivity index (χ0) is 12.1. The van der Waals surface area contributed by atoms with Gasteiger partial charge < -0.3 is 10.6 Å². The van der Waals surface area contributed by atoms with Gasteiger partial charge in [0.2, 0.25) is 11.8 Å². The van der Waals surface area contributed by atoms with Crippen molar-refractivity contribution >= 4 is 11.8 Å². The second-order valence-corrected chi connectivity index (χ2v) is 4.15. The lowest BCUT2D eigenvalue weighted by atomic mass is 10.1. The number of aromatic nitrogens is 1. The molecule has 2 amide bonds. The molecular weight excluding hydrogens is 218 g/mol. The lowest BCUT2D eigenvalue weighted by Gasteiger charge is -2.23. The van der Waals surface area contributed by atoms with Crippen molar-refractivity contribution in [3.05, 3.63) is 30.1 Å². The monoisotopic (exact) mass is 233 g/mol. The summed E-state index contributed by atoms with van der Waals surface area (Å²) in [7, 11) is 0. The third-order valence-corrected chi connectivity index (χ3v) is 2.70. The molecule has 1 aliphatic heterocycles. The Morgan fingerprint density at radius 1 is 1.59 bits per heavy atom. The Labute approximate surface area is 99.6 Å². The summed E-state index contributed by atoms with van der Waals surface area (Å²) in [5, 5.41) is 5.60. The Morgan fingerprint density at radius 3 is 3.18 bits per heavy atom. The number of rotatable bonds is 3. The quantitative estimate of drug-likeness (QED) is 0.773. The molecule has 1 aromatic heterocycles. The van der Waals surface area contributed by atoms with E-state index in [1.807, 2.05) is 6.07 Å². The van der Waals surface area contributed by atoms with Gasteiger partial charge in [-0.15, -0.1) is 0 Å². The van der Waals surface area contributed by atoms with Gasteiger partial charge in [0.1, 0.15) is 0 Å². The third kappa shape index (κ3) is 3.55. The van der Waals surface area contributed by atoms with Crippen molar-refractivity contribution in [3.8, 4) is 0 Å². The van der Waals surface area contributed by atoms with Gasteiger partial charge in [0.25, 0.3) is 0 Å². The lowest BCUT2D eigenvalue weighted by Crippen LogP contribution is -2.45. The Morgan fingerprint density at radius 2 is 2.47 bits per heavy atom. The van der Waals surface area contributed by atoms with Gasteiger partial charge in [-0.3, -0.25) is 14.6 Å². The average molecular weight is 233 g/mol. The topological polar surface area (TPSA) is 71.1 Å². The van der Waals surface area contributed by atoms with Crippen LogP contribution >= 0.6 is 0 Å². The number of pyridine rings is 1. The van der Waals surface area contributed by atoms with Gasteiger partial charge in [0, 0.05) is 31.4 Å². The van der Waals surface area contributed by atoms with E-state index in [1.54, 1.807) is 18.5 Å². The molecule has 1 aliphatic rings.